The first-order valence-electron chi connectivity index (χ1n) is 9.84. The Bertz CT molecular complexity index is 491. The number of hydrogen-bond acceptors (Lipinski definition) is 4. The molecule has 1 aromatic carbocycles. The number of hydrogen-bond donors (Lipinski definition) is 2. The summed E-state index contributed by atoms with van der Waals surface area (Å²) in [6, 6.07) is 8.28. The lowest BCUT2D eigenvalue weighted by Gasteiger charge is -2.33. The zero-order chi connectivity index (χ0) is 19.6. The van der Waals surface area contributed by atoms with E-state index in [9.17, 15) is 5.11 Å². The van der Waals surface area contributed by atoms with E-state index in [1.165, 1.54) is 5.56 Å². The minimum Gasteiger partial charge on any atom is -0.491 e. The summed E-state index contributed by atoms with van der Waals surface area (Å²) in [4.78, 5) is 0. The smallest absolute Gasteiger partial charge is 0.119 e. The van der Waals surface area contributed by atoms with Crippen molar-refractivity contribution in [1.82, 2.24) is 5.32 Å². The number of aliphatic hydroxyl groups is 1. The normalized spacial score (nSPS) is 13.7. The van der Waals surface area contributed by atoms with Gasteiger partial charge in [-0.05, 0) is 54.8 Å². The van der Waals surface area contributed by atoms with Crippen LogP contribution in [0.4, 0.5) is 0 Å². The Hall–Kier alpha value is -1.10. The molecule has 0 aliphatic rings. The van der Waals surface area contributed by atoms with Gasteiger partial charge in [-0.25, -0.2) is 0 Å². The van der Waals surface area contributed by atoms with Crippen LogP contribution in [0.15, 0.2) is 24.3 Å². The lowest BCUT2D eigenvalue weighted by atomic mass is 9.72. The zero-order valence-electron chi connectivity index (χ0n) is 17.6. The Morgan fingerprint density at radius 1 is 1.08 bits per heavy atom. The summed E-state index contributed by atoms with van der Waals surface area (Å²) >= 11 is 0. The van der Waals surface area contributed by atoms with Crippen LogP contribution in [0.25, 0.3) is 0 Å². The predicted molar refractivity (Wildman–Crippen MR) is 109 cm³/mol. The highest BCUT2D eigenvalue weighted by atomic mass is 16.5. The lowest BCUT2D eigenvalue weighted by Crippen LogP contribution is -2.32. The first-order chi connectivity index (χ1) is 12.1. The molecule has 1 aromatic rings. The molecule has 0 aliphatic carbocycles. The average molecular weight is 366 g/mol. The maximum Gasteiger partial charge on any atom is 0.119 e. The second-order valence-electron chi connectivity index (χ2n) is 8.87. The first kappa shape index (κ1) is 22.9. The first-order valence-corrected chi connectivity index (χ1v) is 9.84. The largest absolute Gasteiger partial charge is 0.491 e. The predicted octanol–water partition coefficient (Wildman–Crippen LogP) is 4.16. The summed E-state index contributed by atoms with van der Waals surface area (Å²) in [5.74, 6) is 0.802. The summed E-state index contributed by atoms with van der Waals surface area (Å²) in [6.07, 6.45) is 1.56. The highest BCUT2D eigenvalue weighted by molar-refractivity contribution is 5.31. The number of aliphatic hydroxyl groups excluding tert-OH is 1. The van der Waals surface area contributed by atoms with Gasteiger partial charge in [-0.3, -0.25) is 0 Å². The van der Waals surface area contributed by atoms with E-state index in [0.29, 0.717) is 18.6 Å². The summed E-state index contributed by atoms with van der Waals surface area (Å²) in [7, 11) is 0. The number of nitrogens with one attached hydrogen (secondary N) is 1. The maximum atomic E-state index is 10.0. The van der Waals surface area contributed by atoms with Crippen LogP contribution < -0.4 is 10.1 Å². The molecule has 0 unspecified atom stereocenters. The minimum absolute atomic E-state index is 0.127. The van der Waals surface area contributed by atoms with Crippen LogP contribution in [-0.2, 0) is 10.2 Å². The van der Waals surface area contributed by atoms with Gasteiger partial charge < -0.3 is 19.9 Å². The molecule has 0 bridgehead atoms. The molecule has 0 heterocycles. The molecule has 0 saturated carbocycles. The number of rotatable bonds is 12. The Balaban J connectivity index is 2.36. The van der Waals surface area contributed by atoms with Crippen LogP contribution in [-0.4, -0.2) is 44.1 Å². The van der Waals surface area contributed by atoms with Gasteiger partial charge in [0.25, 0.3) is 0 Å². The third-order valence-electron chi connectivity index (χ3n) is 4.28. The standard InChI is InChI=1S/C22H39NO3/c1-7-25-14-8-13-23-15-19(24)16-26-20-11-9-18(10-12-20)22(5,6)17-21(2,3)4/h9-12,19,23-24H,7-8,13-17H2,1-6H3/t19-/m1/s1. The van der Waals surface area contributed by atoms with Crippen molar-refractivity contribution in [3.05, 3.63) is 29.8 Å². The Labute approximate surface area is 160 Å². The van der Waals surface area contributed by atoms with Gasteiger partial charge in [-0.2, -0.15) is 0 Å². The molecule has 0 fully saturated rings. The van der Waals surface area contributed by atoms with Crippen LogP contribution in [0.5, 0.6) is 5.75 Å². The molecule has 0 spiro atoms. The summed E-state index contributed by atoms with van der Waals surface area (Å²) in [5.41, 5.74) is 1.73. The number of ether oxygens (including phenoxy) is 2. The molecular formula is C22H39NO3. The summed E-state index contributed by atoms with van der Waals surface area (Å²) in [5, 5.41) is 13.2. The van der Waals surface area contributed by atoms with Gasteiger partial charge in [-0.15, -0.1) is 0 Å². The van der Waals surface area contributed by atoms with Crippen molar-refractivity contribution in [2.75, 3.05) is 32.9 Å². The lowest BCUT2D eigenvalue weighted by molar-refractivity contribution is 0.104. The van der Waals surface area contributed by atoms with Gasteiger partial charge >= 0.3 is 0 Å². The zero-order valence-corrected chi connectivity index (χ0v) is 17.6. The average Bonchev–Trinajstić information content (AvgIpc) is 2.54. The van der Waals surface area contributed by atoms with Crippen molar-refractivity contribution in [2.45, 2.75) is 65.9 Å². The highest BCUT2D eigenvalue weighted by Gasteiger charge is 2.27. The molecule has 4 heteroatoms. The monoisotopic (exact) mass is 365 g/mol. The van der Waals surface area contributed by atoms with Crippen LogP contribution in [0.1, 0.15) is 59.9 Å². The van der Waals surface area contributed by atoms with Crippen LogP contribution in [0.3, 0.4) is 0 Å². The topological polar surface area (TPSA) is 50.7 Å². The van der Waals surface area contributed by atoms with Gasteiger partial charge in [0.2, 0.25) is 0 Å². The van der Waals surface area contributed by atoms with E-state index < -0.39 is 6.10 Å². The fraction of sp³-hybridized carbons (Fsp3) is 0.727. The van der Waals surface area contributed by atoms with E-state index in [0.717, 1.165) is 38.3 Å². The van der Waals surface area contributed by atoms with E-state index in [2.05, 4.69) is 52.1 Å². The second kappa shape index (κ2) is 10.9. The minimum atomic E-state index is -0.515. The fourth-order valence-corrected chi connectivity index (χ4v) is 3.39. The quantitative estimate of drug-likeness (QED) is 0.546. The van der Waals surface area contributed by atoms with E-state index >= 15 is 0 Å². The van der Waals surface area contributed by atoms with Crippen molar-refractivity contribution < 1.29 is 14.6 Å². The van der Waals surface area contributed by atoms with Crippen LogP contribution >= 0.6 is 0 Å². The molecule has 2 N–H and O–H groups in total. The molecule has 4 nitrogen and oxygen atoms in total. The fourth-order valence-electron chi connectivity index (χ4n) is 3.39. The Kier molecular flexibility index (Phi) is 9.62. The van der Waals surface area contributed by atoms with Gasteiger partial charge in [0.05, 0.1) is 0 Å². The Morgan fingerprint density at radius 3 is 2.31 bits per heavy atom. The van der Waals surface area contributed by atoms with Crippen molar-refractivity contribution >= 4 is 0 Å². The van der Waals surface area contributed by atoms with E-state index in [1.54, 1.807) is 0 Å². The number of benzene rings is 1. The highest BCUT2D eigenvalue weighted by Crippen LogP contribution is 2.36. The third kappa shape index (κ3) is 9.56. The molecule has 150 valence electrons. The van der Waals surface area contributed by atoms with Gasteiger partial charge in [-0.1, -0.05) is 46.8 Å². The molecule has 1 atom stereocenters. The molecule has 0 radical (unpaired) electrons. The molecule has 0 amide bonds. The molecule has 1 rings (SSSR count). The summed E-state index contributed by atoms with van der Waals surface area (Å²) in [6.45, 7) is 16.6. The van der Waals surface area contributed by atoms with Crippen molar-refractivity contribution in [3.8, 4) is 5.75 Å². The van der Waals surface area contributed by atoms with Crippen LogP contribution in [0, 0.1) is 5.41 Å². The van der Waals surface area contributed by atoms with E-state index in [1.807, 2.05) is 19.1 Å². The molecule has 0 aliphatic heterocycles. The molecule has 0 saturated heterocycles. The van der Waals surface area contributed by atoms with E-state index in [-0.39, 0.29) is 5.41 Å². The van der Waals surface area contributed by atoms with Crippen molar-refractivity contribution in [3.63, 3.8) is 0 Å². The Morgan fingerprint density at radius 2 is 1.73 bits per heavy atom. The summed E-state index contributed by atoms with van der Waals surface area (Å²) < 4.78 is 11.0. The SMILES string of the molecule is CCOCCCNC[C@@H](O)COc1ccc(C(C)(C)CC(C)(C)C)cc1. The van der Waals surface area contributed by atoms with E-state index in [4.69, 9.17) is 9.47 Å². The molecular weight excluding hydrogens is 326 g/mol. The van der Waals surface area contributed by atoms with Crippen molar-refractivity contribution in [2.24, 2.45) is 5.41 Å². The van der Waals surface area contributed by atoms with Crippen LogP contribution in [0.2, 0.25) is 0 Å². The maximum absolute atomic E-state index is 10.0. The van der Waals surface area contributed by atoms with Gasteiger partial charge in [0, 0.05) is 19.8 Å². The van der Waals surface area contributed by atoms with Crippen molar-refractivity contribution in [1.29, 1.82) is 0 Å². The van der Waals surface area contributed by atoms with Gasteiger partial charge in [0.1, 0.15) is 18.5 Å². The van der Waals surface area contributed by atoms with Gasteiger partial charge in [0.15, 0.2) is 0 Å². The second-order valence-corrected chi connectivity index (χ2v) is 8.87. The molecule has 0 aromatic heterocycles. The molecule has 26 heavy (non-hydrogen) atoms. The third-order valence-corrected chi connectivity index (χ3v) is 4.28.